The Bertz CT molecular complexity index is 1210. The number of nitrogens with zero attached hydrogens (tertiary/aromatic N) is 3. The number of aromatic nitrogens is 3. The van der Waals surface area contributed by atoms with Gasteiger partial charge in [-0.3, -0.25) is 9.36 Å². The van der Waals surface area contributed by atoms with Gasteiger partial charge in [0.05, 0.1) is 16.6 Å². The molecule has 0 aliphatic heterocycles. The van der Waals surface area contributed by atoms with Crippen LogP contribution in [0.5, 0.6) is 0 Å². The SMILES string of the molecule is CCC(O)(CC)c1cc2c(NCc3cccc(C(F)(F)F)c3C)nc(C)nc2n(C)c1=O. The topological polar surface area (TPSA) is 80.0 Å². The summed E-state index contributed by atoms with van der Waals surface area (Å²) in [6.45, 7) is 6.81. The Balaban J connectivity index is 2.12. The number of rotatable bonds is 6. The Hall–Kier alpha value is -2.94. The van der Waals surface area contributed by atoms with Gasteiger partial charge in [0.1, 0.15) is 17.3 Å². The second kappa shape index (κ2) is 8.54. The fourth-order valence-corrected chi connectivity index (χ4v) is 3.90. The first kappa shape index (κ1) is 23.7. The summed E-state index contributed by atoms with van der Waals surface area (Å²) >= 11 is 0. The molecule has 6 nitrogen and oxygen atoms in total. The van der Waals surface area contributed by atoms with E-state index in [4.69, 9.17) is 0 Å². The minimum absolute atomic E-state index is 0.102. The quantitative estimate of drug-likeness (QED) is 0.577. The zero-order chi connectivity index (χ0) is 23.8. The molecule has 0 aliphatic rings. The maximum Gasteiger partial charge on any atom is 0.416 e. The van der Waals surface area contributed by atoms with Crippen molar-refractivity contribution in [2.45, 2.75) is 58.9 Å². The van der Waals surface area contributed by atoms with Crippen LogP contribution >= 0.6 is 0 Å². The number of nitrogens with one attached hydrogen (secondary N) is 1. The molecule has 0 fully saturated rings. The molecule has 0 amide bonds. The van der Waals surface area contributed by atoms with Crippen LogP contribution in [0.1, 0.15) is 54.8 Å². The fraction of sp³-hybridized carbons (Fsp3) is 0.435. The van der Waals surface area contributed by atoms with E-state index in [1.165, 1.54) is 17.6 Å². The largest absolute Gasteiger partial charge is 0.416 e. The number of fused-ring (bicyclic) bond motifs is 1. The molecule has 32 heavy (non-hydrogen) atoms. The molecule has 0 aliphatic carbocycles. The zero-order valence-electron chi connectivity index (χ0n) is 18.8. The van der Waals surface area contributed by atoms with E-state index < -0.39 is 17.3 Å². The third kappa shape index (κ3) is 4.21. The van der Waals surface area contributed by atoms with Crippen LogP contribution in [0.3, 0.4) is 0 Å². The molecular weight excluding hydrogens is 421 g/mol. The Morgan fingerprint density at radius 2 is 1.75 bits per heavy atom. The highest BCUT2D eigenvalue weighted by molar-refractivity contribution is 5.87. The van der Waals surface area contributed by atoms with E-state index in [0.29, 0.717) is 41.1 Å². The van der Waals surface area contributed by atoms with E-state index >= 15 is 0 Å². The van der Waals surface area contributed by atoms with Gasteiger partial charge >= 0.3 is 6.18 Å². The number of anilines is 1. The Morgan fingerprint density at radius 3 is 2.34 bits per heavy atom. The highest BCUT2D eigenvalue weighted by Crippen LogP contribution is 2.34. The van der Waals surface area contributed by atoms with E-state index in [2.05, 4.69) is 15.3 Å². The van der Waals surface area contributed by atoms with Gasteiger partial charge in [0.2, 0.25) is 0 Å². The summed E-state index contributed by atoms with van der Waals surface area (Å²) in [5.41, 5.74) is -1.09. The van der Waals surface area contributed by atoms with Gasteiger partial charge < -0.3 is 10.4 Å². The van der Waals surface area contributed by atoms with Gasteiger partial charge in [0.15, 0.2) is 0 Å². The maximum absolute atomic E-state index is 13.3. The lowest BCUT2D eigenvalue weighted by Gasteiger charge is -2.26. The van der Waals surface area contributed by atoms with Gasteiger partial charge in [0, 0.05) is 19.2 Å². The van der Waals surface area contributed by atoms with Gasteiger partial charge in [0.25, 0.3) is 5.56 Å². The summed E-state index contributed by atoms with van der Waals surface area (Å²) in [5, 5.41) is 14.6. The average molecular weight is 448 g/mol. The first-order chi connectivity index (χ1) is 14.9. The molecule has 2 heterocycles. The van der Waals surface area contributed by atoms with E-state index in [1.807, 2.05) is 0 Å². The number of hydrogen-bond donors (Lipinski definition) is 2. The maximum atomic E-state index is 13.3. The monoisotopic (exact) mass is 448 g/mol. The van der Waals surface area contributed by atoms with E-state index in [-0.39, 0.29) is 23.2 Å². The van der Waals surface area contributed by atoms with E-state index in [0.717, 1.165) is 6.07 Å². The first-order valence-electron chi connectivity index (χ1n) is 10.4. The molecule has 0 bridgehead atoms. The van der Waals surface area contributed by atoms with Crippen molar-refractivity contribution in [1.82, 2.24) is 14.5 Å². The molecule has 0 atom stereocenters. The number of hydrogen-bond acceptors (Lipinski definition) is 5. The summed E-state index contributed by atoms with van der Waals surface area (Å²) < 4.78 is 41.2. The van der Waals surface area contributed by atoms with Crippen LogP contribution in [-0.4, -0.2) is 19.6 Å². The van der Waals surface area contributed by atoms with Crippen molar-refractivity contribution >= 4 is 16.9 Å². The van der Waals surface area contributed by atoms with E-state index in [1.54, 1.807) is 40.0 Å². The van der Waals surface area contributed by atoms with Crippen molar-refractivity contribution in [3.63, 3.8) is 0 Å². The smallest absolute Gasteiger partial charge is 0.385 e. The number of aryl methyl sites for hydroxylation is 2. The summed E-state index contributed by atoms with van der Waals surface area (Å²) in [6.07, 6.45) is -3.73. The molecule has 0 spiro atoms. The summed E-state index contributed by atoms with van der Waals surface area (Å²) in [4.78, 5) is 21.7. The fourth-order valence-electron chi connectivity index (χ4n) is 3.90. The number of pyridine rings is 1. The Morgan fingerprint density at radius 1 is 1.09 bits per heavy atom. The summed E-state index contributed by atoms with van der Waals surface area (Å²) in [6, 6.07) is 5.65. The molecule has 2 N–H and O–H groups in total. The molecule has 3 aromatic rings. The molecule has 3 rings (SSSR count). The lowest BCUT2D eigenvalue weighted by atomic mass is 9.89. The van der Waals surface area contributed by atoms with Crippen molar-refractivity contribution in [3.8, 4) is 0 Å². The molecular formula is C23H27F3N4O2. The van der Waals surface area contributed by atoms with Crippen molar-refractivity contribution in [2.24, 2.45) is 7.05 Å². The van der Waals surface area contributed by atoms with Crippen molar-refractivity contribution < 1.29 is 18.3 Å². The van der Waals surface area contributed by atoms with Crippen LogP contribution in [0.2, 0.25) is 0 Å². The molecule has 0 radical (unpaired) electrons. The lowest BCUT2D eigenvalue weighted by molar-refractivity contribution is -0.138. The number of benzene rings is 1. The number of halogens is 3. The van der Waals surface area contributed by atoms with Crippen molar-refractivity contribution in [1.29, 1.82) is 0 Å². The molecule has 0 saturated heterocycles. The average Bonchev–Trinajstić information content (AvgIpc) is 2.74. The van der Waals surface area contributed by atoms with Crippen LogP contribution in [0.25, 0.3) is 11.0 Å². The molecule has 0 unspecified atom stereocenters. The summed E-state index contributed by atoms with van der Waals surface area (Å²) in [7, 11) is 1.58. The predicted octanol–water partition coefficient (Wildman–Crippen LogP) is 4.58. The van der Waals surface area contributed by atoms with Gasteiger partial charge in [-0.25, -0.2) is 9.97 Å². The standard InChI is InChI=1S/C23H27F3N4O2/c1-6-22(32,7-2)18-11-16-19(28-14(4)29-20(16)30(5)21(18)31)27-12-15-9-8-10-17(13(15)3)23(24,25)26/h8-11,32H,6-7,12H2,1-5H3,(H,27,28,29). The van der Waals surface area contributed by atoms with Crippen LogP contribution in [-0.2, 0) is 25.4 Å². The van der Waals surface area contributed by atoms with Gasteiger partial charge in [-0.05, 0) is 49.9 Å². The Kier molecular flexibility index (Phi) is 6.33. The zero-order valence-corrected chi connectivity index (χ0v) is 18.8. The molecule has 1 aromatic carbocycles. The van der Waals surface area contributed by atoms with Gasteiger partial charge in [-0.15, -0.1) is 0 Å². The molecule has 9 heteroatoms. The van der Waals surface area contributed by atoms with Crippen molar-refractivity contribution in [2.75, 3.05) is 5.32 Å². The molecule has 0 saturated carbocycles. The molecule has 2 aromatic heterocycles. The van der Waals surface area contributed by atoms with Gasteiger partial charge in [-0.2, -0.15) is 13.2 Å². The summed E-state index contributed by atoms with van der Waals surface area (Å²) in [5.74, 6) is 0.792. The normalized spacial score (nSPS) is 12.4. The van der Waals surface area contributed by atoms with E-state index in [9.17, 15) is 23.1 Å². The number of aliphatic hydroxyl groups is 1. The third-order valence-electron chi connectivity index (χ3n) is 6.05. The highest BCUT2D eigenvalue weighted by atomic mass is 19.4. The van der Waals surface area contributed by atoms with Crippen LogP contribution in [0.4, 0.5) is 19.0 Å². The minimum atomic E-state index is -4.43. The Labute approximate surface area is 184 Å². The predicted molar refractivity (Wildman–Crippen MR) is 118 cm³/mol. The van der Waals surface area contributed by atoms with Gasteiger partial charge in [-0.1, -0.05) is 26.0 Å². The highest BCUT2D eigenvalue weighted by Gasteiger charge is 2.33. The minimum Gasteiger partial charge on any atom is -0.385 e. The van der Waals surface area contributed by atoms with Crippen molar-refractivity contribution in [3.05, 3.63) is 62.7 Å². The van der Waals surface area contributed by atoms with Crippen LogP contribution in [0, 0.1) is 13.8 Å². The lowest BCUT2D eigenvalue weighted by Crippen LogP contribution is -2.34. The second-order valence-electron chi connectivity index (χ2n) is 7.96. The second-order valence-corrected chi connectivity index (χ2v) is 7.96. The molecule has 172 valence electrons. The van der Waals surface area contributed by atoms with Crippen LogP contribution in [0.15, 0.2) is 29.1 Å². The number of alkyl halides is 3. The van der Waals surface area contributed by atoms with Crippen LogP contribution < -0.4 is 10.9 Å². The first-order valence-corrected chi connectivity index (χ1v) is 10.4. The third-order valence-corrected chi connectivity index (χ3v) is 6.05.